The minimum Gasteiger partial charge on any atom is -0.466 e. The molecule has 0 unspecified atom stereocenters. The molecular weight excluding hydrogens is 297 g/mol. The second-order valence-electron chi connectivity index (χ2n) is 5.81. The van der Waals surface area contributed by atoms with E-state index in [9.17, 15) is 14.0 Å². The summed E-state index contributed by atoms with van der Waals surface area (Å²) in [6.07, 6.45) is 1.97. The van der Waals surface area contributed by atoms with Crippen molar-refractivity contribution in [1.82, 2.24) is 5.32 Å². The van der Waals surface area contributed by atoms with Crippen molar-refractivity contribution in [3.8, 4) is 0 Å². The van der Waals surface area contributed by atoms with Crippen LogP contribution in [0.4, 0.5) is 4.39 Å². The first-order chi connectivity index (χ1) is 11.0. The number of ether oxygens (including phenoxy) is 1. The molecular formula is C18H18FNO3. The number of hydrogen-bond acceptors (Lipinski definition) is 4. The van der Waals surface area contributed by atoms with E-state index in [1.165, 1.54) is 19.2 Å². The van der Waals surface area contributed by atoms with Gasteiger partial charge in [-0.05, 0) is 37.5 Å². The van der Waals surface area contributed by atoms with Crippen molar-refractivity contribution in [1.29, 1.82) is 0 Å². The molecule has 3 rings (SSSR count). The molecule has 0 amide bonds. The number of ketones is 1. The van der Waals surface area contributed by atoms with Crippen LogP contribution in [0.25, 0.3) is 0 Å². The maximum Gasteiger partial charge on any atom is 0.336 e. The van der Waals surface area contributed by atoms with E-state index >= 15 is 0 Å². The zero-order chi connectivity index (χ0) is 16.6. The lowest BCUT2D eigenvalue weighted by molar-refractivity contribution is -0.136. The number of nitrogens with one attached hydrogen (secondary N) is 1. The lowest BCUT2D eigenvalue weighted by atomic mass is 9.75. The fraction of sp³-hybridized carbons (Fsp3) is 0.333. The summed E-state index contributed by atoms with van der Waals surface area (Å²) in [6.45, 7) is 1.78. The van der Waals surface area contributed by atoms with Gasteiger partial charge < -0.3 is 10.1 Å². The highest BCUT2D eigenvalue weighted by Gasteiger charge is 2.38. The zero-order valence-electron chi connectivity index (χ0n) is 13.1. The van der Waals surface area contributed by atoms with E-state index in [2.05, 4.69) is 5.32 Å². The van der Waals surface area contributed by atoms with E-state index in [1.807, 2.05) is 0 Å². The molecule has 5 heteroatoms. The van der Waals surface area contributed by atoms with Gasteiger partial charge in [0, 0.05) is 29.3 Å². The van der Waals surface area contributed by atoms with Gasteiger partial charge in [-0.3, -0.25) is 4.79 Å². The topological polar surface area (TPSA) is 55.4 Å². The molecule has 23 heavy (non-hydrogen) atoms. The maximum atomic E-state index is 13.7. The fourth-order valence-electron chi connectivity index (χ4n) is 3.38. The first kappa shape index (κ1) is 15.5. The van der Waals surface area contributed by atoms with Crippen LogP contribution in [0.15, 0.2) is 46.8 Å². The third-order valence-corrected chi connectivity index (χ3v) is 4.36. The first-order valence-corrected chi connectivity index (χ1v) is 7.60. The quantitative estimate of drug-likeness (QED) is 0.853. The number of benzene rings is 1. The molecule has 0 radical (unpaired) electrons. The average Bonchev–Trinajstić information content (AvgIpc) is 2.53. The minimum absolute atomic E-state index is 0.00177. The summed E-state index contributed by atoms with van der Waals surface area (Å²) in [5.74, 6) is -1.48. The second-order valence-corrected chi connectivity index (χ2v) is 5.81. The number of esters is 1. The molecule has 1 aromatic carbocycles. The Morgan fingerprint density at radius 2 is 2.13 bits per heavy atom. The summed E-state index contributed by atoms with van der Waals surface area (Å²) in [6, 6.07) is 6.04. The lowest BCUT2D eigenvalue weighted by Gasteiger charge is -2.34. The van der Waals surface area contributed by atoms with E-state index in [-0.39, 0.29) is 5.78 Å². The third kappa shape index (κ3) is 2.67. The number of methoxy groups -OCH3 is 1. The van der Waals surface area contributed by atoms with E-state index in [0.717, 1.165) is 18.5 Å². The van der Waals surface area contributed by atoms with Crippen LogP contribution in [0.1, 0.15) is 37.7 Å². The molecule has 1 atom stereocenters. The zero-order valence-corrected chi connectivity index (χ0v) is 13.1. The molecule has 1 aliphatic carbocycles. The molecule has 1 heterocycles. The monoisotopic (exact) mass is 315 g/mol. The molecule has 0 saturated carbocycles. The number of halogens is 1. The molecule has 0 fully saturated rings. The van der Waals surface area contributed by atoms with Crippen LogP contribution >= 0.6 is 0 Å². The number of dihydropyridines is 1. The van der Waals surface area contributed by atoms with Gasteiger partial charge in [-0.1, -0.05) is 12.1 Å². The van der Waals surface area contributed by atoms with E-state index in [4.69, 9.17) is 4.74 Å². The van der Waals surface area contributed by atoms with Gasteiger partial charge in [0.15, 0.2) is 5.78 Å². The van der Waals surface area contributed by atoms with Crippen molar-refractivity contribution in [2.45, 2.75) is 32.1 Å². The Kier molecular flexibility index (Phi) is 4.03. The van der Waals surface area contributed by atoms with Gasteiger partial charge in [-0.15, -0.1) is 0 Å². The third-order valence-electron chi connectivity index (χ3n) is 4.36. The van der Waals surface area contributed by atoms with E-state index in [0.29, 0.717) is 28.8 Å². The summed E-state index contributed by atoms with van der Waals surface area (Å²) in [5.41, 5.74) is 3.01. The van der Waals surface area contributed by atoms with E-state index < -0.39 is 17.7 Å². The normalized spacial score (nSPS) is 21.0. The Bertz CT molecular complexity index is 748. The lowest BCUT2D eigenvalue weighted by Crippen LogP contribution is -2.34. The van der Waals surface area contributed by atoms with Gasteiger partial charge >= 0.3 is 5.97 Å². The highest BCUT2D eigenvalue weighted by molar-refractivity contribution is 6.03. The molecule has 4 nitrogen and oxygen atoms in total. The Morgan fingerprint density at radius 3 is 2.83 bits per heavy atom. The van der Waals surface area contributed by atoms with Crippen LogP contribution < -0.4 is 5.32 Å². The Morgan fingerprint density at radius 1 is 1.35 bits per heavy atom. The van der Waals surface area contributed by atoms with Crippen LogP contribution in [0.3, 0.4) is 0 Å². The van der Waals surface area contributed by atoms with Crippen LogP contribution in [0, 0.1) is 5.82 Å². The molecule has 0 saturated heterocycles. The summed E-state index contributed by atoms with van der Waals surface area (Å²) >= 11 is 0. The molecule has 1 N–H and O–H groups in total. The van der Waals surface area contributed by atoms with E-state index in [1.54, 1.807) is 19.1 Å². The molecule has 2 aliphatic rings. The predicted octanol–water partition coefficient (Wildman–Crippen LogP) is 2.97. The SMILES string of the molecule is COC(=O)C1=C(C)NC2=C(C(=O)CCC2)[C@@H]1c1cccc(F)c1. The van der Waals surface area contributed by atoms with Crippen LogP contribution in [0.5, 0.6) is 0 Å². The molecule has 1 aromatic rings. The second kappa shape index (κ2) is 5.99. The van der Waals surface area contributed by atoms with Gasteiger partial charge in [-0.25, -0.2) is 9.18 Å². The molecule has 0 spiro atoms. The number of carbonyl (C=O) groups excluding carboxylic acids is 2. The van der Waals surface area contributed by atoms with Crippen molar-refractivity contribution < 1.29 is 18.7 Å². The highest BCUT2D eigenvalue weighted by atomic mass is 19.1. The van der Waals surface area contributed by atoms with Crippen LogP contribution in [-0.2, 0) is 14.3 Å². The largest absolute Gasteiger partial charge is 0.466 e. The molecule has 0 aromatic heterocycles. The van der Waals surface area contributed by atoms with Crippen molar-refractivity contribution in [2.75, 3.05) is 7.11 Å². The van der Waals surface area contributed by atoms with Crippen LogP contribution in [0.2, 0.25) is 0 Å². The smallest absolute Gasteiger partial charge is 0.336 e. The minimum atomic E-state index is -0.581. The van der Waals surface area contributed by atoms with Crippen molar-refractivity contribution in [3.63, 3.8) is 0 Å². The number of Topliss-reactive ketones (excluding diaryl/α,β-unsaturated/α-hetero) is 1. The number of rotatable bonds is 2. The van der Waals surface area contributed by atoms with Gasteiger partial charge in [0.05, 0.1) is 12.7 Å². The van der Waals surface area contributed by atoms with Crippen molar-refractivity contribution in [3.05, 3.63) is 58.2 Å². The predicted molar refractivity (Wildman–Crippen MR) is 82.9 cm³/mol. The van der Waals surface area contributed by atoms with Gasteiger partial charge in [0.25, 0.3) is 0 Å². The summed E-state index contributed by atoms with van der Waals surface area (Å²) in [7, 11) is 1.30. The molecule has 120 valence electrons. The first-order valence-electron chi connectivity index (χ1n) is 7.60. The number of allylic oxidation sites excluding steroid dienone is 3. The van der Waals surface area contributed by atoms with Crippen LogP contribution in [-0.4, -0.2) is 18.9 Å². The highest BCUT2D eigenvalue weighted by Crippen LogP contribution is 2.42. The fourth-order valence-corrected chi connectivity index (χ4v) is 3.38. The standard InChI is InChI=1S/C18H18FNO3/c1-10-15(18(22)23-2)16(11-5-3-6-12(19)9-11)17-13(20-10)7-4-8-14(17)21/h3,5-6,9,16,20H,4,7-8H2,1-2H3/t16-/m1/s1. The number of hydrogen-bond donors (Lipinski definition) is 1. The summed E-state index contributed by atoms with van der Waals surface area (Å²) in [4.78, 5) is 24.8. The molecule has 0 bridgehead atoms. The van der Waals surface area contributed by atoms with Gasteiger partial charge in [0.1, 0.15) is 5.82 Å². The average molecular weight is 315 g/mol. The molecule has 1 aliphatic heterocycles. The Labute approximate surface area is 134 Å². The summed E-state index contributed by atoms with van der Waals surface area (Å²) in [5, 5.41) is 3.17. The summed E-state index contributed by atoms with van der Waals surface area (Å²) < 4.78 is 18.6. The maximum absolute atomic E-state index is 13.7. The van der Waals surface area contributed by atoms with Crippen molar-refractivity contribution >= 4 is 11.8 Å². The van der Waals surface area contributed by atoms with Crippen molar-refractivity contribution in [2.24, 2.45) is 0 Å². The Balaban J connectivity index is 2.20. The van der Waals surface area contributed by atoms with Gasteiger partial charge in [-0.2, -0.15) is 0 Å². The number of carbonyl (C=O) groups is 2. The Hall–Kier alpha value is -2.43. The van der Waals surface area contributed by atoms with Gasteiger partial charge in [0.2, 0.25) is 0 Å².